The van der Waals surface area contributed by atoms with Crippen LogP contribution in [-0.4, -0.2) is 49.4 Å². The van der Waals surface area contributed by atoms with Crippen LogP contribution in [-0.2, 0) is 19.8 Å². The fourth-order valence-corrected chi connectivity index (χ4v) is 3.82. The van der Waals surface area contributed by atoms with E-state index >= 15 is 0 Å². The number of carbonyl (C=O) groups excluding carboxylic acids is 2. The van der Waals surface area contributed by atoms with Gasteiger partial charge in [-0.2, -0.15) is 0 Å². The summed E-state index contributed by atoms with van der Waals surface area (Å²) < 4.78 is 34.7. The number of ether oxygens (including phenoxy) is 6. The SMILES string of the molecule is C=C(C)C(=O)O.C=CC(=O)Oc1ccc(C(C)(C)c2ccc(OC(=O)C=C)c(OCC)c2OCC)c(OCC)c1OCC. The van der Waals surface area contributed by atoms with Crippen molar-refractivity contribution in [3.63, 3.8) is 0 Å². The molecule has 0 unspecified atom stereocenters. The number of hydrogen-bond acceptors (Lipinski definition) is 9. The van der Waals surface area contributed by atoms with Crippen molar-refractivity contribution < 1.29 is 47.9 Å². The Kier molecular flexibility index (Phi) is 14.6. The van der Waals surface area contributed by atoms with Crippen molar-refractivity contribution in [1.82, 2.24) is 0 Å². The van der Waals surface area contributed by atoms with Crippen molar-refractivity contribution in [1.29, 1.82) is 0 Å². The topological polar surface area (TPSA) is 127 Å². The molecule has 0 heterocycles. The molecule has 0 radical (unpaired) electrons. The highest BCUT2D eigenvalue weighted by Gasteiger charge is 2.35. The van der Waals surface area contributed by atoms with Gasteiger partial charge >= 0.3 is 17.9 Å². The van der Waals surface area contributed by atoms with E-state index in [1.54, 1.807) is 12.1 Å². The molecule has 1 N–H and O–H groups in total. The van der Waals surface area contributed by atoms with Gasteiger partial charge in [0.05, 0.1) is 26.4 Å². The lowest BCUT2D eigenvalue weighted by molar-refractivity contribution is -0.132. The van der Waals surface area contributed by atoms with Crippen LogP contribution in [0.1, 0.15) is 59.6 Å². The first-order chi connectivity index (χ1) is 20.3. The fourth-order valence-electron chi connectivity index (χ4n) is 3.82. The average molecular weight is 599 g/mol. The minimum atomic E-state index is -0.935. The Bertz CT molecular complexity index is 1220. The van der Waals surface area contributed by atoms with Crippen LogP contribution in [0.2, 0.25) is 0 Å². The number of esters is 2. The zero-order chi connectivity index (χ0) is 32.7. The Labute approximate surface area is 253 Å². The number of carbonyl (C=O) groups is 3. The predicted molar refractivity (Wildman–Crippen MR) is 164 cm³/mol. The summed E-state index contributed by atoms with van der Waals surface area (Å²) in [4.78, 5) is 33.5. The maximum Gasteiger partial charge on any atom is 0.335 e. The molecule has 43 heavy (non-hydrogen) atoms. The molecular weight excluding hydrogens is 556 g/mol. The van der Waals surface area contributed by atoms with Gasteiger partial charge in [-0.15, -0.1) is 0 Å². The van der Waals surface area contributed by atoms with E-state index < -0.39 is 23.3 Å². The second-order valence-corrected chi connectivity index (χ2v) is 9.23. The molecule has 0 amide bonds. The van der Waals surface area contributed by atoms with Gasteiger partial charge in [-0.05, 0) is 46.8 Å². The molecule has 0 aliphatic heterocycles. The van der Waals surface area contributed by atoms with Crippen LogP contribution < -0.4 is 28.4 Å². The summed E-state index contributed by atoms with van der Waals surface area (Å²) >= 11 is 0. The Hall–Kier alpha value is -4.73. The molecule has 0 spiro atoms. The lowest BCUT2D eigenvalue weighted by atomic mass is 9.76. The molecule has 2 aromatic carbocycles. The van der Waals surface area contributed by atoms with Crippen molar-refractivity contribution in [2.24, 2.45) is 0 Å². The lowest BCUT2D eigenvalue weighted by Gasteiger charge is -2.32. The van der Waals surface area contributed by atoms with Gasteiger partial charge in [0, 0.05) is 34.3 Å². The van der Waals surface area contributed by atoms with E-state index in [2.05, 4.69) is 19.7 Å². The van der Waals surface area contributed by atoms with Gasteiger partial charge in [0.15, 0.2) is 23.0 Å². The van der Waals surface area contributed by atoms with Gasteiger partial charge in [0.25, 0.3) is 0 Å². The van der Waals surface area contributed by atoms with E-state index in [0.29, 0.717) is 49.4 Å². The van der Waals surface area contributed by atoms with Gasteiger partial charge < -0.3 is 33.5 Å². The molecule has 2 rings (SSSR count). The number of carboxylic acids is 1. The van der Waals surface area contributed by atoms with E-state index in [-0.39, 0.29) is 17.1 Å². The quantitative estimate of drug-likeness (QED) is 0.139. The van der Waals surface area contributed by atoms with Crippen molar-refractivity contribution >= 4 is 17.9 Å². The Morgan fingerprint density at radius 3 is 1.26 bits per heavy atom. The summed E-state index contributed by atoms with van der Waals surface area (Å²) in [6, 6.07) is 6.97. The zero-order valence-corrected chi connectivity index (χ0v) is 26.0. The number of carboxylic acid groups (broad SMARTS) is 1. The molecule has 0 aliphatic rings. The zero-order valence-electron chi connectivity index (χ0n) is 26.0. The van der Waals surface area contributed by atoms with Crippen LogP contribution in [0.4, 0.5) is 0 Å². The lowest BCUT2D eigenvalue weighted by Crippen LogP contribution is -2.23. The monoisotopic (exact) mass is 598 g/mol. The summed E-state index contributed by atoms with van der Waals surface area (Å²) in [6.07, 6.45) is 2.16. The minimum Gasteiger partial charge on any atom is -0.490 e. The van der Waals surface area contributed by atoms with Gasteiger partial charge in [-0.3, -0.25) is 0 Å². The van der Waals surface area contributed by atoms with Gasteiger partial charge in [0.2, 0.25) is 11.5 Å². The van der Waals surface area contributed by atoms with E-state index in [4.69, 9.17) is 33.5 Å². The highest BCUT2D eigenvalue weighted by Crippen LogP contribution is 2.51. The highest BCUT2D eigenvalue weighted by atomic mass is 16.6. The van der Waals surface area contributed by atoms with Crippen LogP contribution in [0.5, 0.6) is 34.5 Å². The molecule has 234 valence electrons. The summed E-state index contributed by atoms with van der Waals surface area (Å²) in [5.41, 5.74) is 0.968. The Morgan fingerprint density at radius 1 is 0.698 bits per heavy atom. The van der Waals surface area contributed by atoms with Crippen LogP contribution >= 0.6 is 0 Å². The molecular formula is C33H42O10. The van der Waals surface area contributed by atoms with E-state index in [0.717, 1.165) is 23.3 Å². The van der Waals surface area contributed by atoms with Crippen molar-refractivity contribution in [2.75, 3.05) is 26.4 Å². The van der Waals surface area contributed by atoms with Gasteiger partial charge in [-0.25, -0.2) is 14.4 Å². The molecule has 2 aromatic rings. The predicted octanol–water partition coefficient (Wildman–Crippen LogP) is 6.44. The van der Waals surface area contributed by atoms with Crippen molar-refractivity contribution in [2.45, 2.75) is 53.9 Å². The van der Waals surface area contributed by atoms with E-state index in [9.17, 15) is 14.4 Å². The third-order valence-corrected chi connectivity index (χ3v) is 5.77. The van der Waals surface area contributed by atoms with E-state index in [1.807, 2.05) is 53.7 Å². The number of rotatable bonds is 15. The van der Waals surface area contributed by atoms with Crippen molar-refractivity contribution in [3.8, 4) is 34.5 Å². The normalized spacial score (nSPS) is 10.3. The molecule has 0 fully saturated rings. The molecule has 0 aliphatic carbocycles. The van der Waals surface area contributed by atoms with Gasteiger partial charge in [0.1, 0.15) is 0 Å². The second kappa shape index (κ2) is 17.3. The third-order valence-electron chi connectivity index (χ3n) is 5.77. The first-order valence-electron chi connectivity index (χ1n) is 13.8. The Morgan fingerprint density at radius 2 is 1.00 bits per heavy atom. The fraction of sp³-hybridized carbons (Fsp3) is 0.364. The molecule has 0 atom stereocenters. The summed E-state index contributed by atoms with van der Waals surface area (Å²) in [6.45, 7) is 24.2. The second-order valence-electron chi connectivity index (χ2n) is 9.23. The molecule has 0 bridgehead atoms. The molecule has 0 saturated carbocycles. The average Bonchev–Trinajstić information content (AvgIpc) is 2.96. The number of benzene rings is 2. The minimum absolute atomic E-state index is 0.176. The summed E-state index contributed by atoms with van der Waals surface area (Å²) in [7, 11) is 0. The van der Waals surface area contributed by atoms with Crippen LogP contribution in [0.15, 0.2) is 61.7 Å². The smallest absolute Gasteiger partial charge is 0.335 e. The number of aliphatic carboxylic acids is 1. The number of hydrogen-bond donors (Lipinski definition) is 1. The Balaban J connectivity index is 0.00000139. The van der Waals surface area contributed by atoms with Crippen LogP contribution in [0, 0.1) is 0 Å². The standard InChI is InChI=1S/C29H36O8.C4H6O2/c1-9-23(30)36-21-17-15-19(25(32-11-3)27(21)34-13-5)29(7,8)20-16-18-22(37-24(31)10-2)28(35-14-6)26(20)33-12-4;1-3(2)4(5)6/h9-10,15-18H,1-2,11-14H2,3-8H3;1H2,2H3,(H,5,6). The molecule has 10 nitrogen and oxygen atoms in total. The van der Waals surface area contributed by atoms with Gasteiger partial charge in [-0.1, -0.05) is 45.7 Å². The highest BCUT2D eigenvalue weighted by molar-refractivity contribution is 5.85. The van der Waals surface area contributed by atoms with Crippen LogP contribution in [0.25, 0.3) is 0 Å². The van der Waals surface area contributed by atoms with E-state index in [1.165, 1.54) is 6.92 Å². The largest absolute Gasteiger partial charge is 0.490 e. The summed E-state index contributed by atoms with van der Waals surface area (Å²) in [5.74, 6) is -0.218. The third kappa shape index (κ3) is 9.66. The molecule has 10 heteroatoms. The first-order valence-corrected chi connectivity index (χ1v) is 13.8. The molecule has 0 saturated heterocycles. The maximum absolute atomic E-state index is 11.9. The summed E-state index contributed by atoms with van der Waals surface area (Å²) in [5, 5.41) is 7.89. The maximum atomic E-state index is 11.9. The first kappa shape index (κ1) is 36.3. The van der Waals surface area contributed by atoms with Crippen molar-refractivity contribution in [3.05, 3.63) is 72.9 Å². The van der Waals surface area contributed by atoms with Crippen LogP contribution in [0.3, 0.4) is 0 Å². The molecule has 0 aromatic heterocycles.